The third-order valence-corrected chi connectivity index (χ3v) is 2.24. The molecule has 0 aliphatic carbocycles. The van der Waals surface area contributed by atoms with Gasteiger partial charge < -0.3 is 4.98 Å². The Kier molecular flexibility index (Phi) is 3.15. The molecule has 0 amide bonds. The van der Waals surface area contributed by atoms with Gasteiger partial charge in [-0.25, -0.2) is 4.79 Å². The predicted molar refractivity (Wildman–Crippen MR) is 63.3 cm³/mol. The SMILES string of the molecule is O=c1[nH]cc(N=Nc2ccccc2Cl)c(=O)[nH]1. The summed E-state index contributed by atoms with van der Waals surface area (Å²) in [5.74, 6) is 0. The second-order valence-electron chi connectivity index (χ2n) is 3.11. The van der Waals surface area contributed by atoms with Gasteiger partial charge in [0.1, 0.15) is 5.69 Å². The van der Waals surface area contributed by atoms with Crippen molar-refractivity contribution >= 4 is 23.0 Å². The number of halogens is 1. The van der Waals surface area contributed by atoms with Crippen molar-refractivity contribution in [3.63, 3.8) is 0 Å². The average molecular weight is 251 g/mol. The van der Waals surface area contributed by atoms with Gasteiger partial charge in [0.25, 0.3) is 5.56 Å². The molecule has 0 aliphatic heterocycles. The highest BCUT2D eigenvalue weighted by Crippen LogP contribution is 2.24. The number of rotatable bonds is 2. The molecule has 0 saturated carbocycles. The molecular formula is C10H7ClN4O2. The minimum absolute atomic E-state index is 0.00418. The molecule has 0 atom stereocenters. The van der Waals surface area contributed by atoms with E-state index in [-0.39, 0.29) is 5.69 Å². The van der Waals surface area contributed by atoms with Crippen molar-refractivity contribution in [3.8, 4) is 0 Å². The zero-order chi connectivity index (χ0) is 12.3. The lowest BCUT2D eigenvalue weighted by atomic mass is 10.3. The van der Waals surface area contributed by atoms with Crippen LogP contribution in [0.2, 0.25) is 5.02 Å². The van der Waals surface area contributed by atoms with Crippen molar-refractivity contribution in [2.75, 3.05) is 0 Å². The maximum absolute atomic E-state index is 11.3. The van der Waals surface area contributed by atoms with E-state index >= 15 is 0 Å². The molecule has 86 valence electrons. The first-order valence-corrected chi connectivity index (χ1v) is 5.03. The van der Waals surface area contributed by atoms with Crippen molar-refractivity contribution in [1.29, 1.82) is 0 Å². The number of hydrogen-bond donors (Lipinski definition) is 2. The second kappa shape index (κ2) is 4.75. The highest BCUT2D eigenvalue weighted by atomic mass is 35.5. The van der Waals surface area contributed by atoms with Crippen LogP contribution in [0.1, 0.15) is 0 Å². The highest BCUT2D eigenvalue weighted by molar-refractivity contribution is 6.32. The van der Waals surface area contributed by atoms with Crippen LogP contribution in [0.25, 0.3) is 0 Å². The van der Waals surface area contributed by atoms with Gasteiger partial charge in [-0.3, -0.25) is 9.78 Å². The van der Waals surface area contributed by atoms with E-state index in [1.165, 1.54) is 6.20 Å². The van der Waals surface area contributed by atoms with E-state index in [1.807, 2.05) is 4.98 Å². The van der Waals surface area contributed by atoms with Crippen LogP contribution in [-0.2, 0) is 0 Å². The van der Waals surface area contributed by atoms with E-state index in [4.69, 9.17) is 11.6 Å². The van der Waals surface area contributed by atoms with E-state index in [0.717, 1.165) is 0 Å². The minimum Gasteiger partial charge on any atom is -0.312 e. The Bertz CT molecular complexity index is 674. The fourth-order valence-corrected chi connectivity index (χ4v) is 1.29. The summed E-state index contributed by atoms with van der Waals surface area (Å²) in [4.78, 5) is 26.4. The molecule has 1 heterocycles. The maximum Gasteiger partial charge on any atom is 0.325 e. The van der Waals surface area contributed by atoms with Gasteiger partial charge in [0.05, 0.1) is 5.02 Å². The smallest absolute Gasteiger partial charge is 0.312 e. The number of nitrogens with zero attached hydrogens (tertiary/aromatic N) is 2. The fraction of sp³-hybridized carbons (Fsp3) is 0. The molecule has 0 saturated heterocycles. The zero-order valence-electron chi connectivity index (χ0n) is 8.48. The molecular weight excluding hydrogens is 244 g/mol. The van der Waals surface area contributed by atoms with Crippen LogP contribution in [0.4, 0.5) is 11.4 Å². The van der Waals surface area contributed by atoms with Crippen molar-refractivity contribution in [2.24, 2.45) is 10.2 Å². The second-order valence-corrected chi connectivity index (χ2v) is 3.52. The standard InChI is InChI=1S/C10H7ClN4O2/c11-6-3-1-2-4-7(6)14-15-8-5-12-10(17)13-9(8)16/h1-5H,(H2,12,13,16,17). The van der Waals surface area contributed by atoms with Gasteiger partial charge in [0.2, 0.25) is 0 Å². The molecule has 2 aromatic rings. The Hall–Kier alpha value is -2.21. The minimum atomic E-state index is -0.607. The molecule has 0 bridgehead atoms. The Morgan fingerprint density at radius 2 is 1.76 bits per heavy atom. The molecule has 6 nitrogen and oxygen atoms in total. The molecule has 7 heteroatoms. The summed E-state index contributed by atoms with van der Waals surface area (Å²) in [5.41, 5.74) is -0.750. The molecule has 2 N–H and O–H groups in total. The maximum atomic E-state index is 11.3. The average Bonchev–Trinajstić information content (AvgIpc) is 2.30. The van der Waals surface area contributed by atoms with Crippen LogP contribution in [0.15, 0.2) is 50.3 Å². The molecule has 1 aromatic heterocycles. The van der Waals surface area contributed by atoms with Crippen LogP contribution in [0.3, 0.4) is 0 Å². The van der Waals surface area contributed by atoms with Crippen LogP contribution in [0, 0.1) is 0 Å². The van der Waals surface area contributed by atoms with Crippen LogP contribution < -0.4 is 11.2 Å². The summed E-state index contributed by atoms with van der Waals surface area (Å²) in [6.07, 6.45) is 1.18. The Balaban J connectivity index is 2.36. The number of hydrogen-bond acceptors (Lipinski definition) is 4. The van der Waals surface area contributed by atoms with Crippen LogP contribution in [-0.4, -0.2) is 9.97 Å². The Labute approximate surface area is 100 Å². The lowest BCUT2D eigenvalue weighted by molar-refractivity contribution is 1.02. The summed E-state index contributed by atoms with van der Waals surface area (Å²) < 4.78 is 0. The number of aromatic nitrogens is 2. The van der Waals surface area contributed by atoms with Gasteiger partial charge in [-0.2, -0.15) is 0 Å². The lowest BCUT2D eigenvalue weighted by Gasteiger charge is -1.94. The quantitative estimate of drug-likeness (QED) is 0.800. The molecule has 0 unspecified atom stereocenters. The van der Waals surface area contributed by atoms with E-state index < -0.39 is 11.2 Å². The number of aromatic amines is 2. The molecule has 2 rings (SSSR count). The normalized spacial score (nSPS) is 10.9. The third-order valence-electron chi connectivity index (χ3n) is 1.92. The van der Waals surface area contributed by atoms with Crippen molar-refractivity contribution in [1.82, 2.24) is 9.97 Å². The van der Waals surface area contributed by atoms with Gasteiger partial charge in [0, 0.05) is 6.20 Å². The van der Waals surface area contributed by atoms with E-state index in [9.17, 15) is 9.59 Å². The van der Waals surface area contributed by atoms with Crippen LogP contribution >= 0.6 is 11.6 Å². The molecule has 0 fully saturated rings. The first-order chi connectivity index (χ1) is 8.16. The summed E-state index contributed by atoms with van der Waals surface area (Å²) in [6.45, 7) is 0. The van der Waals surface area contributed by atoms with E-state index in [2.05, 4.69) is 15.2 Å². The van der Waals surface area contributed by atoms with Gasteiger partial charge in [-0.05, 0) is 12.1 Å². The lowest BCUT2D eigenvalue weighted by Crippen LogP contribution is -2.20. The predicted octanol–water partition coefficient (Wildman–Crippen LogP) is 2.13. The topological polar surface area (TPSA) is 90.4 Å². The zero-order valence-corrected chi connectivity index (χ0v) is 9.23. The van der Waals surface area contributed by atoms with Gasteiger partial charge in [-0.1, -0.05) is 23.7 Å². The molecule has 0 spiro atoms. The first-order valence-electron chi connectivity index (χ1n) is 4.65. The first kappa shape index (κ1) is 11.3. The molecule has 1 aromatic carbocycles. The summed E-state index contributed by atoms with van der Waals surface area (Å²) in [7, 11) is 0. The van der Waals surface area contributed by atoms with Gasteiger partial charge in [-0.15, -0.1) is 10.2 Å². The van der Waals surface area contributed by atoms with Crippen molar-refractivity contribution in [2.45, 2.75) is 0 Å². The largest absolute Gasteiger partial charge is 0.325 e. The number of azo groups is 1. The number of nitrogens with one attached hydrogen (secondary N) is 2. The van der Waals surface area contributed by atoms with E-state index in [0.29, 0.717) is 10.7 Å². The summed E-state index contributed by atoms with van der Waals surface area (Å²) in [6, 6.07) is 6.82. The Morgan fingerprint density at radius 3 is 2.47 bits per heavy atom. The number of H-pyrrole nitrogens is 2. The number of benzene rings is 1. The fourth-order valence-electron chi connectivity index (χ4n) is 1.12. The van der Waals surface area contributed by atoms with E-state index in [1.54, 1.807) is 24.3 Å². The van der Waals surface area contributed by atoms with Crippen LogP contribution in [0.5, 0.6) is 0 Å². The molecule has 17 heavy (non-hydrogen) atoms. The highest BCUT2D eigenvalue weighted by Gasteiger charge is 1.99. The van der Waals surface area contributed by atoms with Crippen molar-refractivity contribution < 1.29 is 0 Å². The third kappa shape index (κ3) is 2.67. The monoisotopic (exact) mass is 250 g/mol. The van der Waals surface area contributed by atoms with Gasteiger partial charge >= 0.3 is 5.69 Å². The van der Waals surface area contributed by atoms with Gasteiger partial charge in [0.15, 0.2) is 5.69 Å². The van der Waals surface area contributed by atoms with Crippen molar-refractivity contribution in [3.05, 3.63) is 56.3 Å². The summed E-state index contributed by atoms with van der Waals surface area (Å²) >= 11 is 5.86. The molecule has 0 aliphatic rings. The molecule has 0 radical (unpaired) electrons. The Morgan fingerprint density at radius 1 is 1.06 bits per heavy atom. The summed E-state index contributed by atoms with van der Waals surface area (Å²) in [5, 5.41) is 7.95.